The number of rotatable bonds is 7. The molecule has 2 aromatic carbocycles. The summed E-state index contributed by atoms with van der Waals surface area (Å²) in [6, 6.07) is 19.0. The van der Waals surface area contributed by atoms with Gasteiger partial charge in [0.2, 0.25) is 0 Å². The third kappa shape index (κ3) is 4.42. The van der Waals surface area contributed by atoms with Gasteiger partial charge in [0.15, 0.2) is 0 Å². The Bertz CT molecular complexity index is 550. The van der Waals surface area contributed by atoms with E-state index in [1.165, 1.54) is 16.0 Å². The molecule has 0 heterocycles. The highest BCUT2D eigenvalue weighted by atomic mass is 35.5. The zero-order valence-corrected chi connectivity index (χ0v) is 14.5. The van der Waals surface area contributed by atoms with E-state index in [-0.39, 0.29) is 5.41 Å². The van der Waals surface area contributed by atoms with E-state index < -0.39 is 0 Å². The van der Waals surface area contributed by atoms with E-state index in [0.29, 0.717) is 11.8 Å². The lowest BCUT2D eigenvalue weighted by atomic mass is 9.81. The molecular formula is C18H20Cl2S. The molecule has 0 aromatic heterocycles. The van der Waals surface area contributed by atoms with Gasteiger partial charge in [0.1, 0.15) is 0 Å². The first-order valence-corrected chi connectivity index (χ1v) is 9.12. The van der Waals surface area contributed by atoms with Gasteiger partial charge < -0.3 is 0 Å². The van der Waals surface area contributed by atoms with E-state index in [0.717, 1.165) is 12.2 Å². The zero-order valence-electron chi connectivity index (χ0n) is 12.2. The van der Waals surface area contributed by atoms with Gasteiger partial charge in [-0.05, 0) is 36.8 Å². The number of halogens is 2. The molecule has 0 radical (unpaired) electrons. The second-order valence-electron chi connectivity index (χ2n) is 5.33. The number of benzene rings is 2. The molecule has 0 saturated heterocycles. The lowest BCUT2D eigenvalue weighted by Gasteiger charge is -2.30. The summed E-state index contributed by atoms with van der Waals surface area (Å²) in [5.74, 6) is 2.11. The fourth-order valence-electron chi connectivity index (χ4n) is 2.32. The third-order valence-electron chi connectivity index (χ3n) is 3.73. The van der Waals surface area contributed by atoms with Gasteiger partial charge in [0.25, 0.3) is 0 Å². The van der Waals surface area contributed by atoms with Crippen molar-refractivity contribution in [3.8, 4) is 0 Å². The predicted molar refractivity (Wildman–Crippen MR) is 96.1 cm³/mol. The molecule has 0 nitrogen and oxygen atoms in total. The fourth-order valence-corrected chi connectivity index (χ4v) is 4.26. The molecule has 3 heteroatoms. The quantitative estimate of drug-likeness (QED) is 0.447. The smallest absolute Gasteiger partial charge is 0.0332 e. The van der Waals surface area contributed by atoms with Crippen molar-refractivity contribution in [3.63, 3.8) is 0 Å². The highest BCUT2D eigenvalue weighted by molar-refractivity contribution is 7.99. The van der Waals surface area contributed by atoms with Crippen molar-refractivity contribution >= 4 is 35.0 Å². The van der Waals surface area contributed by atoms with E-state index in [4.69, 9.17) is 23.2 Å². The summed E-state index contributed by atoms with van der Waals surface area (Å²) < 4.78 is 0. The van der Waals surface area contributed by atoms with Crippen molar-refractivity contribution in [2.75, 3.05) is 17.5 Å². The van der Waals surface area contributed by atoms with Crippen molar-refractivity contribution in [2.45, 2.75) is 23.7 Å². The van der Waals surface area contributed by atoms with Crippen molar-refractivity contribution in [3.05, 3.63) is 65.7 Å². The average Bonchev–Trinajstić information content (AvgIpc) is 2.53. The van der Waals surface area contributed by atoms with Crippen LogP contribution in [0.2, 0.25) is 0 Å². The molecule has 0 N–H and O–H groups in total. The Kier molecular flexibility index (Phi) is 6.47. The predicted octanol–water partition coefficient (Wildman–Crippen LogP) is 5.89. The number of thioether (sulfide) groups is 1. The molecule has 21 heavy (non-hydrogen) atoms. The van der Waals surface area contributed by atoms with Crippen molar-refractivity contribution < 1.29 is 0 Å². The van der Waals surface area contributed by atoms with E-state index in [2.05, 4.69) is 55.5 Å². The van der Waals surface area contributed by atoms with Gasteiger partial charge in [-0.25, -0.2) is 0 Å². The molecule has 2 rings (SSSR count). The molecule has 0 aliphatic carbocycles. The SMILES string of the molecule is Cc1cccc(C(CCl)(CCl)CCSc2ccccc2)c1. The van der Waals surface area contributed by atoms with Crippen LogP contribution in [-0.4, -0.2) is 17.5 Å². The molecular weight excluding hydrogens is 319 g/mol. The number of aryl methyl sites for hydroxylation is 1. The lowest BCUT2D eigenvalue weighted by molar-refractivity contribution is 0.524. The first-order chi connectivity index (χ1) is 10.2. The third-order valence-corrected chi connectivity index (χ3v) is 5.77. The normalized spacial score (nSPS) is 11.6. The molecule has 112 valence electrons. The van der Waals surface area contributed by atoms with Gasteiger partial charge in [0, 0.05) is 22.1 Å². The maximum Gasteiger partial charge on any atom is 0.0332 e. The van der Waals surface area contributed by atoms with Crippen LogP contribution in [0.15, 0.2) is 59.5 Å². The van der Waals surface area contributed by atoms with Crippen LogP contribution in [0.25, 0.3) is 0 Å². The van der Waals surface area contributed by atoms with Gasteiger partial charge in [0.05, 0.1) is 0 Å². The Balaban J connectivity index is 2.08. The van der Waals surface area contributed by atoms with Gasteiger partial charge in [-0.1, -0.05) is 48.0 Å². The van der Waals surface area contributed by atoms with Crippen LogP contribution >= 0.6 is 35.0 Å². The van der Waals surface area contributed by atoms with E-state index in [9.17, 15) is 0 Å². The Morgan fingerprint density at radius 3 is 2.29 bits per heavy atom. The van der Waals surface area contributed by atoms with Gasteiger partial charge >= 0.3 is 0 Å². The standard InChI is InChI=1S/C18H20Cl2S/c1-15-6-5-7-16(12-15)18(13-19,14-20)10-11-21-17-8-3-2-4-9-17/h2-9,12H,10-11,13-14H2,1H3. The second-order valence-corrected chi connectivity index (χ2v) is 7.03. The van der Waals surface area contributed by atoms with E-state index in [1.807, 2.05) is 17.8 Å². The number of hydrogen-bond acceptors (Lipinski definition) is 1. The highest BCUT2D eigenvalue weighted by Gasteiger charge is 2.30. The summed E-state index contributed by atoms with van der Waals surface area (Å²) in [5.41, 5.74) is 2.36. The van der Waals surface area contributed by atoms with E-state index in [1.54, 1.807) is 0 Å². The highest BCUT2D eigenvalue weighted by Crippen LogP contribution is 2.34. The number of alkyl halides is 2. The fraction of sp³-hybridized carbons (Fsp3) is 0.333. The summed E-state index contributed by atoms with van der Waals surface area (Å²) in [6.07, 6.45) is 0.975. The van der Waals surface area contributed by atoms with Gasteiger partial charge in [-0.15, -0.1) is 35.0 Å². The molecule has 0 bridgehead atoms. The molecule has 0 saturated carbocycles. The van der Waals surface area contributed by atoms with Crippen LogP contribution in [0.4, 0.5) is 0 Å². The van der Waals surface area contributed by atoms with Crippen LogP contribution in [0.1, 0.15) is 17.5 Å². The minimum Gasteiger partial charge on any atom is -0.126 e. The van der Waals surface area contributed by atoms with Gasteiger partial charge in [-0.2, -0.15) is 0 Å². The van der Waals surface area contributed by atoms with Crippen molar-refractivity contribution in [2.24, 2.45) is 0 Å². The van der Waals surface area contributed by atoms with Crippen molar-refractivity contribution in [1.29, 1.82) is 0 Å². The summed E-state index contributed by atoms with van der Waals surface area (Å²) in [7, 11) is 0. The zero-order chi connectivity index (χ0) is 15.1. The monoisotopic (exact) mass is 338 g/mol. The first kappa shape index (κ1) is 16.7. The molecule has 2 aromatic rings. The summed E-state index contributed by atoms with van der Waals surface area (Å²) >= 11 is 14.5. The summed E-state index contributed by atoms with van der Waals surface area (Å²) in [4.78, 5) is 1.29. The topological polar surface area (TPSA) is 0 Å². The molecule has 0 amide bonds. The molecule has 0 atom stereocenters. The summed E-state index contributed by atoms with van der Waals surface area (Å²) in [5, 5.41) is 0. The average molecular weight is 339 g/mol. The van der Waals surface area contributed by atoms with Gasteiger partial charge in [-0.3, -0.25) is 0 Å². The summed E-state index contributed by atoms with van der Waals surface area (Å²) in [6.45, 7) is 2.11. The molecule has 0 unspecified atom stereocenters. The Labute approximate surface area is 141 Å². The molecule has 0 aliphatic rings. The van der Waals surface area contributed by atoms with Crippen molar-refractivity contribution in [1.82, 2.24) is 0 Å². The first-order valence-electron chi connectivity index (χ1n) is 7.07. The lowest BCUT2D eigenvalue weighted by Crippen LogP contribution is -2.31. The van der Waals surface area contributed by atoms with Crippen LogP contribution < -0.4 is 0 Å². The minimum absolute atomic E-state index is 0.142. The molecule has 0 fully saturated rings. The van der Waals surface area contributed by atoms with Crippen LogP contribution in [0.3, 0.4) is 0 Å². The Morgan fingerprint density at radius 1 is 0.952 bits per heavy atom. The van der Waals surface area contributed by atoms with Crippen LogP contribution in [0.5, 0.6) is 0 Å². The minimum atomic E-state index is -0.142. The second kappa shape index (κ2) is 8.12. The maximum atomic E-state index is 6.30. The Hall–Kier alpha value is -0.630. The van der Waals surface area contributed by atoms with Crippen LogP contribution in [-0.2, 0) is 5.41 Å². The largest absolute Gasteiger partial charge is 0.126 e. The van der Waals surface area contributed by atoms with E-state index >= 15 is 0 Å². The van der Waals surface area contributed by atoms with Crippen LogP contribution in [0, 0.1) is 6.92 Å². The Morgan fingerprint density at radius 2 is 1.67 bits per heavy atom. The molecule has 0 spiro atoms. The number of hydrogen-bond donors (Lipinski definition) is 0. The maximum absolute atomic E-state index is 6.30. The molecule has 0 aliphatic heterocycles.